The molecule has 0 saturated carbocycles. The van der Waals surface area contributed by atoms with Crippen molar-refractivity contribution in [2.45, 2.75) is 19.0 Å². The first kappa shape index (κ1) is 21.6. The summed E-state index contributed by atoms with van der Waals surface area (Å²) in [5.74, 6) is -3.81. The summed E-state index contributed by atoms with van der Waals surface area (Å²) in [6.45, 7) is -0.0289. The summed E-state index contributed by atoms with van der Waals surface area (Å²) >= 11 is 5.86. The molecule has 1 unspecified atom stereocenters. The minimum Gasteiger partial charge on any atom is -0.503 e. The van der Waals surface area contributed by atoms with Crippen LogP contribution in [0.25, 0.3) is 0 Å². The van der Waals surface area contributed by atoms with Crippen molar-refractivity contribution in [2.75, 3.05) is 6.54 Å². The average molecular weight is 457 g/mol. The Morgan fingerprint density at radius 1 is 1.12 bits per heavy atom. The molecule has 1 aliphatic rings. The summed E-state index contributed by atoms with van der Waals surface area (Å²) in [5.41, 5.74) is -1.02. The van der Waals surface area contributed by atoms with Crippen LogP contribution >= 0.6 is 11.6 Å². The summed E-state index contributed by atoms with van der Waals surface area (Å²) in [6.07, 6.45) is 1.47. The Balaban J connectivity index is 1.82. The van der Waals surface area contributed by atoms with E-state index in [4.69, 9.17) is 11.6 Å². The maximum atomic E-state index is 14.5. The molecule has 0 saturated heterocycles. The number of aromatic hydroxyl groups is 1. The molecule has 0 fully saturated rings. The quantitative estimate of drug-likeness (QED) is 0.612. The van der Waals surface area contributed by atoms with Gasteiger partial charge in [-0.15, -0.1) is 0 Å². The van der Waals surface area contributed by atoms with Crippen LogP contribution in [0.15, 0.2) is 59.5 Å². The number of fused-ring (bicyclic) bond motifs is 1. The van der Waals surface area contributed by atoms with Gasteiger partial charge in [-0.3, -0.25) is 9.59 Å². The predicted octanol–water partition coefficient (Wildman–Crippen LogP) is 3.48. The monoisotopic (exact) mass is 456 g/mol. The van der Waals surface area contributed by atoms with E-state index in [0.717, 1.165) is 11.8 Å². The normalized spacial score (nSPS) is 15.5. The maximum Gasteiger partial charge on any atom is 0.341 e. The molecule has 7 nitrogen and oxygen atoms in total. The summed E-state index contributed by atoms with van der Waals surface area (Å²) in [7, 11) is 0. The highest BCUT2D eigenvalue weighted by Crippen LogP contribution is 2.30. The summed E-state index contributed by atoms with van der Waals surface area (Å²) in [4.78, 5) is 38.4. The van der Waals surface area contributed by atoms with Crippen molar-refractivity contribution in [3.8, 4) is 5.75 Å². The number of aromatic nitrogens is 1. The van der Waals surface area contributed by atoms with E-state index in [1.807, 2.05) is 30.3 Å². The van der Waals surface area contributed by atoms with E-state index >= 15 is 0 Å². The molecule has 1 atom stereocenters. The molecule has 4 rings (SSSR count). The van der Waals surface area contributed by atoms with Crippen LogP contribution in [0.1, 0.15) is 38.0 Å². The number of benzene rings is 2. The SMILES string of the molecule is O=C(O)c1cn2c(c(O)c1=O)C(=O)N(Cc1cccc(Cl)c1F)CC2Cc1ccccc1. The van der Waals surface area contributed by atoms with Gasteiger partial charge in [-0.05, 0) is 18.1 Å². The highest BCUT2D eigenvalue weighted by Gasteiger charge is 2.36. The van der Waals surface area contributed by atoms with E-state index in [9.17, 15) is 29.0 Å². The first-order chi connectivity index (χ1) is 15.3. The van der Waals surface area contributed by atoms with Crippen LogP contribution in [0.4, 0.5) is 4.39 Å². The van der Waals surface area contributed by atoms with Crippen LogP contribution in [0.2, 0.25) is 5.02 Å². The van der Waals surface area contributed by atoms with Gasteiger partial charge >= 0.3 is 5.97 Å². The van der Waals surface area contributed by atoms with Gasteiger partial charge in [-0.25, -0.2) is 9.18 Å². The number of hydrogen-bond acceptors (Lipinski definition) is 4. The molecule has 1 aliphatic heterocycles. The number of pyridine rings is 1. The van der Waals surface area contributed by atoms with Gasteiger partial charge in [0.15, 0.2) is 11.4 Å². The van der Waals surface area contributed by atoms with E-state index in [0.29, 0.717) is 6.42 Å². The standard InChI is InChI=1S/C23H18ClFN2O5/c24-17-8-4-7-14(18(17)25)10-26-11-15(9-13-5-2-1-3-6-13)27-12-16(23(31)32)20(28)21(29)19(27)22(26)30/h1-8,12,15,29H,9-11H2,(H,31,32). The Morgan fingerprint density at radius 3 is 2.53 bits per heavy atom. The minimum atomic E-state index is -1.50. The number of carboxylic acid groups (broad SMARTS) is 1. The zero-order valence-electron chi connectivity index (χ0n) is 16.7. The molecular formula is C23H18ClFN2O5. The number of carbonyl (C=O) groups is 2. The molecule has 0 aliphatic carbocycles. The number of hydrogen-bond donors (Lipinski definition) is 2. The van der Waals surface area contributed by atoms with Gasteiger partial charge in [-0.2, -0.15) is 0 Å². The highest BCUT2D eigenvalue weighted by molar-refractivity contribution is 6.30. The van der Waals surface area contributed by atoms with Crippen LogP contribution < -0.4 is 5.43 Å². The van der Waals surface area contributed by atoms with Crippen molar-refractivity contribution < 1.29 is 24.2 Å². The molecule has 0 radical (unpaired) electrons. The largest absolute Gasteiger partial charge is 0.503 e. The molecule has 3 aromatic rings. The molecule has 0 bridgehead atoms. The Labute approximate surface area is 186 Å². The van der Waals surface area contributed by atoms with Gasteiger partial charge in [0.1, 0.15) is 11.4 Å². The van der Waals surface area contributed by atoms with E-state index in [1.54, 1.807) is 6.07 Å². The van der Waals surface area contributed by atoms with Gasteiger partial charge in [0, 0.05) is 24.8 Å². The fourth-order valence-electron chi connectivity index (χ4n) is 3.91. The van der Waals surface area contributed by atoms with Crippen LogP contribution in [-0.2, 0) is 13.0 Å². The van der Waals surface area contributed by atoms with E-state index < -0.39 is 40.5 Å². The number of aromatic carboxylic acids is 1. The molecule has 164 valence electrons. The number of halogens is 2. The van der Waals surface area contributed by atoms with E-state index in [2.05, 4.69) is 0 Å². The second-order valence-corrected chi connectivity index (χ2v) is 7.93. The van der Waals surface area contributed by atoms with Gasteiger partial charge < -0.3 is 19.7 Å². The molecule has 32 heavy (non-hydrogen) atoms. The lowest BCUT2D eigenvalue weighted by molar-refractivity contribution is 0.0630. The third-order valence-electron chi connectivity index (χ3n) is 5.46. The fraction of sp³-hybridized carbons (Fsp3) is 0.174. The zero-order chi connectivity index (χ0) is 23.0. The molecule has 2 N–H and O–H groups in total. The minimum absolute atomic E-state index is 0.0849. The molecular weight excluding hydrogens is 439 g/mol. The van der Waals surface area contributed by atoms with Gasteiger partial charge in [0.05, 0.1) is 11.1 Å². The van der Waals surface area contributed by atoms with Crippen LogP contribution in [-0.4, -0.2) is 38.1 Å². The van der Waals surface area contributed by atoms with Crippen molar-refractivity contribution in [2.24, 2.45) is 0 Å². The van der Waals surface area contributed by atoms with Crippen molar-refractivity contribution in [3.05, 3.63) is 98.2 Å². The van der Waals surface area contributed by atoms with Gasteiger partial charge in [0.2, 0.25) is 5.43 Å². The molecule has 9 heteroatoms. The third kappa shape index (κ3) is 3.85. The Hall–Kier alpha value is -3.65. The first-order valence-corrected chi connectivity index (χ1v) is 10.1. The lowest BCUT2D eigenvalue weighted by Crippen LogP contribution is -2.45. The predicted molar refractivity (Wildman–Crippen MR) is 115 cm³/mol. The van der Waals surface area contributed by atoms with Gasteiger partial charge in [0.25, 0.3) is 5.91 Å². The van der Waals surface area contributed by atoms with Crippen LogP contribution in [0, 0.1) is 5.82 Å². The van der Waals surface area contributed by atoms with E-state index in [-0.39, 0.29) is 29.4 Å². The Morgan fingerprint density at radius 2 is 1.84 bits per heavy atom. The second-order valence-electron chi connectivity index (χ2n) is 7.52. The summed E-state index contributed by atoms with van der Waals surface area (Å²) in [5, 5.41) is 19.7. The zero-order valence-corrected chi connectivity index (χ0v) is 17.4. The van der Waals surface area contributed by atoms with Crippen molar-refractivity contribution >= 4 is 23.5 Å². The third-order valence-corrected chi connectivity index (χ3v) is 5.75. The molecule has 0 spiro atoms. The molecule has 2 heterocycles. The lowest BCUT2D eigenvalue weighted by Gasteiger charge is -2.36. The average Bonchev–Trinajstić information content (AvgIpc) is 2.77. The molecule has 1 aromatic heterocycles. The molecule has 1 amide bonds. The van der Waals surface area contributed by atoms with Crippen LogP contribution in [0.5, 0.6) is 5.75 Å². The number of nitrogens with zero attached hydrogens (tertiary/aromatic N) is 2. The second kappa shape index (κ2) is 8.47. The number of rotatable bonds is 5. The topological polar surface area (TPSA) is 99.8 Å². The molecule has 2 aromatic carbocycles. The Bertz CT molecular complexity index is 1280. The number of amides is 1. The van der Waals surface area contributed by atoms with Crippen molar-refractivity contribution in [1.29, 1.82) is 0 Å². The highest BCUT2D eigenvalue weighted by atomic mass is 35.5. The summed E-state index contributed by atoms with van der Waals surface area (Å²) < 4.78 is 15.8. The Kier molecular flexibility index (Phi) is 5.71. The first-order valence-electron chi connectivity index (χ1n) is 9.75. The lowest BCUT2D eigenvalue weighted by atomic mass is 10.00. The van der Waals surface area contributed by atoms with Crippen molar-refractivity contribution in [1.82, 2.24) is 9.47 Å². The fourth-order valence-corrected chi connectivity index (χ4v) is 4.10. The number of carboxylic acids is 1. The number of carbonyl (C=O) groups excluding carboxylic acids is 1. The maximum absolute atomic E-state index is 14.5. The smallest absolute Gasteiger partial charge is 0.341 e. The van der Waals surface area contributed by atoms with Gasteiger partial charge in [-0.1, -0.05) is 54.1 Å². The van der Waals surface area contributed by atoms with Crippen LogP contribution in [0.3, 0.4) is 0 Å². The van der Waals surface area contributed by atoms with E-state index in [1.165, 1.54) is 21.6 Å². The van der Waals surface area contributed by atoms with Crippen molar-refractivity contribution in [3.63, 3.8) is 0 Å². The summed E-state index contributed by atoms with van der Waals surface area (Å²) in [6, 6.07) is 13.2.